The second-order valence-electron chi connectivity index (χ2n) is 6.62. The summed E-state index contributed by atoms with van der Waals surface area (Å²) in [5.74, 6) is 0.998. The van der Waals surface area contributed by atoms with Crippen LogP contribution in [0.15, 0.2) is 30.6 Å². The SMILES string of the molecule is CCCN(CCC)C(=O)C(C)Cc1ccc2nnc(-c3ncccn3)n2n1. The second kappa shape index (κ2) is 8.66. The van der Waals surface area contributed by atoms with Crippen molar-refractivity contribution < 1.29 is 4.79 Å². The highest BCUT2D eigenvalue weighted by Gasteiger charge is 2.21. The van der Waals surface area contributed by atoms with Crippen molar-refractivity contribution in [3.8, 4) is 11.6 Å². The summed E-state index contributed by atoms with van der Waals surface area (Å²) in [6.45, 7) is 7.74. The highest BCUT2D eigenvalue weighted by molar-refractivity contribution is 5.78. The Morgan fingerprint density at radius 3 is 2.48 bits per heavy atom. The van der Waals surface area contributed by atoms with Gasteiger partial charge in [0.05, 0.1) is 5.69 Å². The molecule has 27 heavy (non-hydrogen) atoms. The quantitative estimate of drug-likeness (QED) is 0.607. The molecule has 0 saturated carbocycles. The monoisotopic (exact) mass is 367 g/mol. The number of hydrogen-bond acceptors (Lipinski definition) is 6. The average molecular weight is 367 g/mol. The van der Waals surface area contributed by atoms with Gasteiger partial charge in [-0.15, -0.1) is 10.2 Å². The third-order valence-electron chi connectivity index (χ3n) is 4.32. The van der Waals surface area contributed by atoms with E-state index in [0.717, 1.165) is 31.6 Å². The van der Waals surface area contributed by atoms with E-state index in [0.29, 0.717) is 23.7 Å². The van der Waals surface area contributed by atoms with Gasteiger partial charge in [0.15, 0.2) is 11.5 Å². The van der Waals surface area contributed by atoms with Gasteiger partial charge >= 0.3 is 0 Å². The lowest BCUT2D eigenvalue weighted by atomic mass is 10.0. The van der Waals surface area contributed by atoms with Crippen LogP contribution in [0.3, 0.4) is 0 Å². The van der Waals surface area contributed by atoms with Gasteiger partial charge in [-0.05, 0) is 31.0 Å². The number of hydrogen-bond donors (Lipinski definition) is 0. The molecular formula is C19H25N7O. The molecule has 1 atom stereocenters. The summed E-state index contributed by atoms with van der Waals surface area (Å²) in [4.78, 5) is 23.2. The Balaban J connectivity index is 1.82. The summed E-state index contributed by atoms with van der Waals surface area (Å²) >= 11 is 0. The highest BCUT2D eigenvalue weighted by Crippen LogP contribution is 2.15. The van der Waals surface area contributed by atoms with Gasteiger partial charge < -0.3 is 4.90 Å². The van der Waals surface area contributed by atoms with Crippen LogP contribution >= 0.6 is 0 Å². The van der Waals surface area contributed by atoms with Gasteiger partial charge in [0, 0.05) is 37.8 Å². The van der Waals surface area contributed by atoms with Crippen molar-refractivity contribution in [1.29, 1.82) is 0 Å². The molecule has 0 saturated heterocycles. The van der Waals surface area contributed by atoms with E-state index in [1.165, 1.54) is 0 Å². The Kier molecular flexibility index (Phi) is 6.05. The first-order valence-electron chi connectivity index (χ1n) is 9.41. The molecule has 0 N–H and O–H groups in total. The molecule has 0 radical (unpaired) electrons. The lowest BCUT2D eigenvalue weighted by Gasteiger charge is -2.24. The van der Waals surface area contributed by atoms with Crippen molar-refractivity contribution in [2.24, 2.45) is 5.92 Å². The van der Waals surface area contributed by atoms with Gasteiger partial charge in [0.1, 0.15) is 0 Å². The molecule has 0 bridgehead atoms. The molecule has 3 aromatic heterocycles. The van der Waals surface area contributed by atoms with Gasteiger partial charge in [-0.2, -0.15) is 9.61 Å². The molecule has 3 rings (SSSR count). The number of carbonyl (C=O) groups excluding carboxylic acids is 1. The van der Waals surface area contributed by atoms with E-state index in [9.17, 15) is 4.79 Å². The smallest absolute Gasteiger partial charge is 0.225 e. The van der Waals surface area contributed by atoms with E-state index < -0.39 is 0 Å². The second-order valence-corrected chi connectivity index (χ2v) is 6.62. The number of carbonyl (C=O) groups is 1. The van der Waals surface area contributed by atoms with E-state index >= 15 is 0 Å². The van der Waals surface area contributed by atoms with Crippen molar-refractivity contribution in [2.45, 2.75) is 40.0 Å². The summed E-state index contributed by atoms with van der Waals surface area (Å²) in [5.41, 5.74) is 1.44. The lowest BCUT2D eigenvalue weighted by molar-refractivity contribution is -0.135. The van der Waals surface area contributed by atoms with Crippen LogP contribution in [0.1, 0.15) is 39.3 Å². The molecule has 0 fully saturated rings. The molecule has 0 aliphatic heterocycles. The van der Waals surface area contributed by atoms with Crippen LogP contribution in [-0.2, 0) is 11.2 Å². The number of rotatable bonds is 8. The Morgan fingerprint density at radius 2 is 1.81 bits per heavy atom. The van der Waals surface area contributed by atoms with Gasteiger partial charge in [-0.3, -0.25) is 4.79 Å². The Labute approximate surface area is 158 Å². The molecular weight excluding hydrogens is 342 g/mol. The molecule has 8 heteroatoms. The third kappa shape index (κ3) is 4.27. The fourth-order valence-electron chi connectivity index (χ4n) is 3.07. The third-order valence-corrected chi connectivity index (χ3v) is 4.32. The first kappa shape index (κ1) is 18.9. The van der Waals surface area contributed by atoms with Crippen molar-refractivity contribution in [3.05, 3.63) is 36.3 Å². The minimum Gasteiger partial charge on any atom is -0.342 e. The summed E-state index contributed by atoms with van der Waals surface area (Å²) in [6.07, 6.45) is 5.80. The van der Waals surface area contributed by atoms with Gasteiger partial charge in [0.25, 0.3) is 0 Å². The van der Waals surface area contributed by atoms with E-state index in [1.807, 2.05) is 24.0 Å². The number of aromatic nitrogens is 6. The van der Waals surface area contributed by atoms with Crippen LogP contribution in [0.25, 0.3) is 17.3 Å². The van der Waals surface area contributed by atoms with E-state index in [1.54, 1.807) is 23.0 Å². The van der Waals surface area contributed by atoms with Gasteiger partial charge in [-0.25, -0.2) is 9.97 Å². The first-order valence-corrected chi connectivity index (χ1v) is 9.41. The van der Waals surface area contributed by atoms with Crippen LogP contribution in [0.5, 0.6) is 0 Å². The minimum atomic E-state index is -0.138. The van der Waals surface area contributed by atoms with Crippen LogP contribution in [-0.4, -0.2) is 53.7 Å². The number of amides is 1. The van der Waals surface area contributed by atoms with Crippen molar-refractivity contribution in [2.75, 3.05) is 13.1 Å². The van der Waals surface area contributed by atoms with Crippen LogP contribution < -0.4 is 0 Å². The highest BCUT2D eigenvalue weighted by atomic mass is 16.2. The first-order chi connectivity index (χ1) is 13.1. The molecule has 3 aromatic rings. The minimum absolute atomic E-state index is 0.138. The number of nitrogens with zero attached hydrogens (tertiary/aromatic N) is 7. The predicted octanol–water partition coefficient (Wildman–Crippen LogP) is 2.41. The average Bonchev–Trinajstić information content (AvgIpc) is 3.11. The van der Waals surface area contributed by atoms with Crippen LogP contribution in [0, 0.1) is 5.92 Å². The normalized spacial score (nSPS) is 12.3. The maximum Gasteiger partial charge on any atom is 0.225 e. The van der Waals surface area contributed by atoms with Crippen molar-refractivity contribution in [1.82, 2.24) is 34.7 Å². The van der Waals surface area contributed by atoms with E-state index in [2.05, 4.69) is 39.1 Å². The maximum absolute atomic E-state index is 12.8. The van der Waals surface area contributed by atoms with Crippen molar-refractivity contribution >= 4 is 11.6 Å². The molecule has 142 valence electrons. The topological polar surface area (TPSA) is 89.2 Å². The molecule has 0 aliphatic carbocycles. The summed E-state index contributed by atoms with van der Waals surface area (Å²) in [6, 6.07) is 5.50. The van der Waals surface area contributed by atoms with Crippen LogP contribution in [0.4, 0.5) is 0 Å². The standard InChI is InChI=1S/C19H25N7O/c1-4-11-25(12-5-2)19(27)14(3)13-15-7-8-16-22-23-18(26(16)24-15)17-20-9-6-10-21-17/h6-10,14H,4-5,11-13H2,1-3H3. The predicted molar refractivity (Wildman–Crippen MR) is 102 cm³/mol. The van der Waals surface area contributed by atoms with Gasteiger partial charge in [-0.1, -0.05) is 20.8 Å². The molecule has 3 heterocycles. The van der Waals surface area contributed by atoms with E-state index in [4.69, 9.17) is 0 Å². The zero-order valence-electron chi connectivity index (χ0n) is 16.0. The van der Waals surface area contributed by atoms with Gasteiger partial charge in [0.2, 0.25) is 11.7 Å². The van der Waals surface area contributed by atoms with Crippen molar-refractivity contribution in [3.63, 3.8) is 0 Å². The fraction of sp³-hybridized carbons (Fsp3) is 0.474. The Hall–Kier alpha value is -2.90. The zero-order valence-corrected chi connectivity index (χ0v) is 16.0. The summed E-state index contributed by atoms with van der Waals surface area (Å²) < 4.78 is 1.64. The largest absolute Gasteiger partial charge is 0.342 e. The Morgan fingerprint density at radius 1 is 1.11 bits per heavy atom. The fourth-order valence-corrected chi connectivity index (χ4v) is 3.07. The summed E-state index contributed by atoms with van der Waals surface area (Å²) in [7, 11) is 0. The zero-order chi connectivity index (χ0) is 19.2. The maximum atomic E-state index is 12.8. The van der Waals surface area contributed by atoms with E-state index in [-0.39, 0.29) is 11.8 Å². The molecule has 0 aliphatic rings. The number of fused-ring (bicyclic) bond motifs is 1. The molecule has 8 nitrogen and oxygen atoms in total. The lowest BCUT2D eigenvalue weighted by Crippen LogP contribution is -2.37. The molecule has 0 spiro atoms. The van der Waals surface area contributed by atoms with Crippen LogP contribution in [0.2, 0.25) is 0 Å². The molecule has 0 aromatic carbocycles. The molecule has 1 unspecified atom stereocenters. The molecule has 1 amide bonds. The Bertz CT molecular complexity index is 887. The summed E-state index contributed by atoms with van der Waals surface area (Å²) in [5, 5.41) is 12.9.